The van der Waals surface area contributed by atoms with Crippen molar-refractivity contribution in [2.75, 3.05) is 5.75 Å². The number of hydrogen-bond donors (Lipinski definition) is 2. The van der Waals surface area contributed by atoms with Crippen molar-refractivity contribution in [2.45, 2.75) is 69.7 Å². The third kappa shape index (κ3) is 6.42. The first kappa shape index (κ1) is 23.1. The number of thioether (sulfide) groups is 1. The number of carbonyl (C=O) groups excluding carboxylic acids is 1. The monoisotopic (exact) mass is 425 g/mol. The minimum atomic E-state index is -1.01. The highest BCUT2D eigenvalue weighted by atomic mass is 32.2. The molecule has 1 fully saturated rings. The van der Waals surface area contributed by atoms with E-state index in [1.807, 2.05) is 12.2 Å². The van der Waals surface area contributed by atoms with E-state index in [4.69, 9.17) is 5.11 Å². The van der Waals surface area contributed by atoms with Crippen LogP contribution >= 0.6 is 23.1 Å². The van der Waals surface area contributed by atoms with Crippen LogP contribution in [0.4, 0.5) is 0 Å². The van der Waals surface area contributed by atoms with Crippen molar-refractivity contribution in [1.82, 2.24) is 4.98 Å². The molecule has 0 bridgehead atoms. The Bertz CT molecular complexity index is 698. The summed E-state index contributed by atoms with van der Waals surface area (Å²) < 4.78 is 0.725. The Labute approximate surface area is 175 Å². The zero-order chi connectivity index (χ0) is 20.7. The molecule has 0 aromatic carbocycles. The first-order valence-corrected chi connectivity index (χ1v) is 11.8. The van der Waals surface area contributed by atoms with E-state index < -0.39 is 12.1 Å². The molecule has 2 rings (SSSR count). The maximum atomic E-state index is 12.3. The molecule has 0 aliphatic heterocycles. The Balaban J connectivity index is 1.88. The molecule has 5 nitrogen and oxygen atoms in total. The Morgan fingerprint density at radius 3 is 2.89 bits per heavy atom. The van der Waals surface area contributed by atoms with E-state index in [9.17, 15) is 14.7 Å². The van der Waals surface area contributed by atoms with E-state index in [2.05, 4.69) is 25.8 Å². The predicted octanol–water partition coefficient (Wildman–Crippen LogP) is 5.05. The average molecular weight is 426 g/mol. The van der Waals surface area contributed by atoms with Gasteiger partial charge in [-0.1, -0.05) is 57.5 Å². The Hall–Kier alpha value is -1.18. The molecule has 1 heterocycles. The lowest BCUT2D eigenvalue weighted by Crippen LogP contribution is -2.27. The quantitative estimate of drug-likeness (QED) is 0.381. The van der Waals surface area contributed by atoms with Crippen LogP contribution in [-0.4, -0.2) is 38.8 Å². The normalized spacial score (nSPS) is 21.5. The van der Waals surface area contributed by atoms with Crippen molar-refractivity contribution in [3.63, 3.8) is 0 Å². The van der Waals surface area contributed by atoms with Gasteiger partial charge in [-0.05, 0) is 30.6 Å². The van der Waals surface area contributed by atoms with Gasteiger partial charge in [0.05, 0.1) is 6.10 Å². The Morgan fingerprint density at radius 2 is 2.25 bits per heavy atom. The van der Waals surface area contributed by atoms with Gasteiger partial charge in [-0.15, -0.1) is 11.3 Å². The number of Topliss-reactive ketones (excluding diaryl/α,β-unsaturated/α-hetero) is 1. The standard InChI is InChI=1S/C21H31NO4S2/c1-4-5-11-21(2,3)18(24)9-7-14-6-8-17(23)15(14)10-12-27-20-22-16(13-28-20)19(25)26/h7,9,13-15,18,24H,4-6,8,10-12H2,1-3H3,(H,25,26)/b9-7+/t14-,15+,18+/m0/s1. The first-order chi connectivity index (χ1) is 13.2. The number of aromatic nitrogens is 1. The summed E-state index contributed by atoms with van der Waals surface area (Å²) in [6.07, 6.45) is 8.80. The van der Waals surface area contributed by atoms with Gasteiger partial charge in [-0.2, -0.15) is 0 Å². The van der Waals surface area contributed by atoms with Crippen LogP contribution in [0, 0.1) is 17.3 Å². The molecule has 156 valence electrons. The van der Waals surface area contributed by atoms with Gasteiger partial charge >= 0.3 is 5.97 Å². The van der Waals surface area contributed by atoms with E-state index in [0.717, 1.165) is 42.2 Å². The lowest BCUT2D eigenvalue weighted by Gasteiger charge is -2.29. The molecular formula is C21H31NO4S2. The number of carbonyl (C=O) groups is 2. The summed E-state index contributed by atoms with van der Waals surface area (Å²) in [7, 11) is 0. The van der Waals surface area contributed by atoms with Crippen LogP contribution in [0.2, 0.25) is 0 Å². The van der Waals surface area contributed by atoms with Crippen molar-refractivity contribution >= 4 is 34.9 Å². The topological polar surface area (TPSA) is 87.5 Å². The number of aliphatic hydroxyl groups is 1. The highest BCUT2D eigenvalue weighted by Gasteiger charge is 2.33. The van der Waals surface area contributed by atoms with Crippen molar-refractivity contribution in [3.05, 3.63) is 23.2 Å². The zero-order valence-electron chi connectivity index (χ0n) is 16.9. The van der Waals surface area contributed by atoms with Crippen LogP contribution in [-0.2, 0) is 4.79 Å². The number of thiazole rings is 1. The summed E-state index contributed by atoms with van der Waals surface area (Å²) in [5.74, 6) is 0.168. The molecule has 0 radical (unpaired) electrons. The fraction of sp³-hybridized carbons (Fsp3) is 0.667. The molecule has 1 aromatic heterocycles. The number of aromatic carboxylic acids is 1. The van der Waals surface area contributed by atoms with Crippen LogP contribution in [0.25, 0.3) is 0 Å². The Kier molecular flexibility index (Phi) is 8.71. The maximum Gasteiger partial charge on any atom is 0.355 e. The number of nitrogens with zero attached hydrogens (tertiary/aromatic N) is 1. The van der Waals surface area contributed by atoms with Crippen molar-refractivity contribution in [2.24, 2.45) is 17.3 Å². The number of unbranched alkanes of at least 4 members (excludes halogenated alkanes) is 1. The summed E-state index contributed by atoms with van der Waals surface area (Å²) in [5.41, 5.74) is -0.0856. The molecular weight excluding hydrogens is 394 g/mol. The lowest BCUT2D eigenvalue weighted by atomic mass is 9.80. The first-order valence-electron chi connectivity index (χ1n) is 9.95. The maximum absolute atomic E-state index is 12.3. The smallest absolute Gasteiger partial charge is 0.355 e. The molecule has 0 saturated heterocycles. The highest BCUT2D eigenvalue weighted by Crippen LogP contribution is 2.36. The Morgan fingerprint density at radius 1 is 1.50 bits per heavy atom. The van der Waals surface area contributed by atoms with Crippen LogP contribution in [0.5, 0.6) is 0 Å². The number of carboxylic acids is 1. The molecule has 1 aliphatic rings. The molecule has 3 atom stereocenters. The highest BCUT2D eigenvalue weighted by molar-refractivity contribution is 8.01. The van der Waals surface area contributed by atoms with Crippen molar-refractivity contribution < 1.29 is 19.8 Å². The third-order valence-corrected chi connectivity index (χ3v) is 7.58. The van der Waals surface area contributed by atoms with E-state index in [-0.39, 0.29) is 22.9 Å². The van der Waals surface area contributed by atoms with Crippen LogP contribution in [0.15, 0.2) is 21.9 Å². The number of rotatable bonds is 11. The van der Waals surface area contributed by atoms with Crippen LogP contribution in [0.3, 0.4) is 0 Å². The molecule has 1 saturated carbocycles. The number of hydrogen-bond acceptors (Lipinski definition) is 6. The summed E-state index contributed by atoms with van der Waals surface area (Å²) in [6, 6.07) is 0. The molecule has 28 heavy (non-hydrogen) atoms. The third-order valence-electron chi connectivity index (χ3n) is 5.53. The van der Waals surface area contributed by atoms with E-state index in [1.165, 1.54) is 23.1 Å². The van der Waals surface area contributed by atoms with Gasteiger partial charge in [0.25, 0.3) is 0 Å². The van der Waals surface area contributed by atoms with Crippen LogP contribution in [0.1, 0.15) is 69.8 Å². The predicted molar refractivity (Wildman–Crippen MR) is 114 cm³/mol. The number of aliphatic hydroxyl groups excluding tert-OH is 1. The summed E-state index contributed by atoms with van der Waals surface area (Å²) in [5, 5.41) is 21.0. The van der Waals surface area contributed by atoms with Gasteiger partial charge in [0.1, 0.15) is 5.78 Å². The van der Waals surface area contributed by atoms with E-state index >= 15 is 0 Å². The second-order valence-electron chi connectivity index (χ2n) is 8.14. The largest absolute Gasteiger partial charge is 0.476 e. The molecule has 2 N–H and O–H groups in total. The van der Waals surface area contributed by atoms with Gasteiger partial charge in [0.15, 0.2) is 10.0 Å². The molecule has 0 spiro atoms. The van der Waals surface area contributed by atoms with E-state index in [1.54, 1.807) is 5.38 Å². The number of allylic oxidation sites excluding steroid dienone is 1. The number of carboxylic acid groups (broad SMARTS) is 1. The molecule has 0 unspecified atom stereocenters. The van der Waals surface area contributed by atoms with Gasteiger partial charge in [-0.25, -0.2) is 9.78 Å². The van der Waals surface area contributed by atoms with Crippen LogP contribution < -0.4 is 0 Å². The fourth-order valence-electron chi connectivity index (χ4n) is 3.52. The zero-order valence-corrected chi connectivity index (χ0v) is 18.5. The van der Waals surface area contributed by atoms with E-state index in [0.29, 0.717) is 12.2 Å². The fourth-order valence-corrected chi connectivity index (χ4v) is 5.42. The number of ketones is 1. The summed E-state index contributed by atoms with van der Waals surface area (Å²) in [4.78, 5) is 27.3. The minimum absolute atomic E-state index is 0.0198. The van der Waals surface area contributed by atoms with Crippen molar-refractivity contribution in [3.8, 4) is 0 Å². The van der Waals surface area contributed by atoms with Gasteiger partial charge in [-0.3, -0.25) is 4.79 Å². The summed E-state index contributed by atoms with van der Waals surface area (Å²) >= 11 is 2.83. The molecule has 1 aliphatic carbocycles. The molecule has 7 heteroatoms. The average Bonchev–Trinajstić information content (AvgIpc) is 3.26. The SMILES string of the molecule is CCCCC(C)(C)[C@H](O)/C=C/[C@@H]1CCC(=O)[C@@H]1CCSc1nc(C(=O)O)cs1. The second kappa shape index (κ2) is 10.6. The van der Waals surface area contributed by atoms with Gasteiger partial charge < -0.3 is 10.2 Å². The van der Waals surface area contributed by atoms with Gasteiger partial charge in [0, 0.05) is 23.5 Å². The minimum Gasteiger partial charge on any atom is -0.476 e. The second-order valence-corrected chi connectivity index (χ2v) is 10.3. The molecule has 1 aromatic rings. The molecule has 0 amide bonds. The van der Waals surface area contributed by atoms with Gasteiger partial charge in [0.2, 0.25) is 0 Å². The van der Waals surface area contributed by atoms with Crippen molar-refractivity contribution in [1.29, 1.82) is 0 Å². The summed E-state index contributed by atoms with van der Waals surface area (Å²) in [6.45, 7) is 6.33. The lowest BCUT2D eigenvalue weighted by molar-refractivity contribution is -0.121.